The Labute approximate surface area is 101 Å². The van der Waals surface area contributed by atoms with Crippen molar-refractivity contribution in [1.29, 1.82) is 0 Å². The molecule has 1 aromatic rings. The van der Waals surface area contributed by atoms with Gasteiger partial charge in [0.05, 0.1) is 5.38 Å². The lowest BCUT2D eigenvalue weighted by atomic mass is 9.63. The highest BCUT2D eigenvalue weighted by Gasteiger charge is 2.39. The Morgan fingerprint density at radius 2 is 2.07 bits per heavy atom. The lowest BCUT2D eigenvalue weighted by Crippen LogP contribution is -2.33. The van der Waals surface area contributed by atoms with Crippen molar-refractivity contribution >= 4 is 22.9 Å². The molecule has 0 amide bonds. The third-order valence-corrected chi connectivity index (χ3v) is 5.94. The number of rotatable bonds is 2. The summed E-state index contributed by atoms with van der Waals surface area (Å²) in [4.78, 5) is 1.38. The highest BCUT2D eigenvalue weighted by molar-refractivity contribution is 7.10. The first kappa shape index (κ1) is 10.2. The van der Waals surface area contributed by atoms with Gasteiger partial charge < -0.3 is 0 Å². The molecule has 2 atom stereocenters. The van der Waals surface area contributed by atoms with E-state index in [1.165, 1.54) is 37.0 Å². The van der Waals surface area contributed by atoms with Gasteiger partial charge in [0, 0.05) is 4.88 Å². The minimum absolute atomic E-state index is 0.290. The van der Waals surface area contributed by atoms with E-state index in [1.807, 2.05) is 11.3 Å². The number of fused-ring (bicyclic) bond motifs is 3. The fourth-order valence-corrected chi connectivity index (χ4v) is 4.76. The zero-order valence-corrected chi connectivity index (χ0v) is 10.4. The normalized spacial score (nSPS) is 36.7. The van der Waals surface area contributed by atoms with E-state index >= 15 is 0 Å². The van der Waals surface area contributed by atoms with Crippen molar-refractivity contribution in [1.82, 2.24) is 0 Å². The van der Waals surface area contributed by atoms with E-state index in [1.54, 1.807) is 0 Å². The fraction of sp³-hybridized carbons (Fsp3) is 0.692. The molecule has 4 rings (SSSR count). The molecule has 0 aliphatic heterocycles. The molecule has 3 aliphatic carbocycles. The van der Waals surface area contributed by atoms with Crippen LogP contribution in [0.1, 0.15) is 42.4 Å². The van der Waals surface area contributed by atoms with Gasteiger partial charge in [-0.25, -0.2) is 0 Å². The van der Waals surface area contributed by atoms with Gasteiger partial charge in [-0.3, -0.25) is 0 Å². The van der Waals surface area contributed by atoms with E-state index in [-0.39, 0.29) is 5.38 Å². The average Bonchev–Trinajstić information content (AvgIpc) is 2.83. The van der Waals surface area contributed by atoms with Gasteiger partial charge in [-0.2, -0.15) is 0 Å². The molecule has 2 unspecified atom stereocenters. The Morgan fingerprint density at radius 3 is 2.60 bits per heavy atom. The molecule has 2 bridgehead atoms. The summed E-state index contributed by atoms with van der Waals surface area (Å²) in [5.41, 5.74) is 0. The topological polar surface area (TPSA) is 0 Å². The van der Waals surface area contributed by atoms with Crippen molar-refractivity contribution in [3.63, 3.8) is 0 Å². The van der Waals surface area contributed by atoms with Crippen molar-refractivity contribution in [2.45, 2.75) is 37.5 Å². The third kappa shape index (κ3) is 1.85. The summed E-state index contributed by atoms with van der Waals surface area (Å²) < 4.78 is 0. The van der Waals surface area contributed by atoms with Crippen LogP contribution in [0.5, 0.6) is 0 Å². The Hall–Kier alpha value is -0.0100. The molecule has 15 heavy (non-hydrogen) atoms. The number of alkyl halides is 1. The fourth-order valence-electron chi connectivity index (χ4n) is 3.45. The molecule has 3 saturated carbocycles. The largest absolute Gasteiger partial charge is 0.147 e. The molecule has 1 heterocycles. The smallest absolute Gasteiger partial charge is 0.0709 e. The quantitative estimate of drug-likeness (QED) is 0.648. The van der Waals surface area contributed by atoms with Gasteiger partial charge in [-0.1, -0.05) is 18.9 Å². The minimum atomic E-state index is 0.290. The molecular weight excluding hydrogens is 224 g/mol. The van der Waals surface area contributed by atoms with Gasteiger partial charge in [0.1, 0.15) is 0 Å². The Balaban J connectivity index is 1.77. The van der Waals surface area contributed by atoms with E-state index in [2.05, 4.69) is 17.5 Å². The van der Waals surface area contributed by atoms with Gasteiger partial charge in [-0.05, 0) is 48.5 Å². The molecule has 0 spiro atoms. The summed E-state index contributed by atoms with van der Waals surface area (Å²) in [5.74, 6) is 2.67. The molecule has 1 aromatic heterocycles. The highest BCUT2D eigenvalue weighted by atomic mass is 35.5. The van der Waals surface area contributed by atoms with Gasteiger partial charge in [-0.15, -0.1) is 22.9 Å². The van der Waals surface area contributed by atoms with Crippen LogP contribution in [0.15, 0.2) is 17.5 Å². The van der Waals surface area contributed by atoms with E-state index in [0.29, 0.717) is 0 Å². The van der Waals surface area contributed by atoms with E-state index < -0.39 is 0 Å². The molecule has 0 nitrogen and oxygen atoms in total. The maximum absolute atomic E-state index is 6.63. The summed E-state index contributed by atoms with van der Waals surface area (Å²) in [5, 5.41) is 2.43. The first-order valence-corrected chi connectivity index (χ1v) is 7.33. The van der Waals surface area contributed by atoms with Gasteiger partial charge in [0.2, 0.25) is 0 Å². The third-order valence-electron chi connectivity index (χ3n) is 4.29. The van der Waals surface area contributed by atoms with Gasteiger partial charge in [0.15, 0.2) is 0 Å². The van der Waals surface area contributed by atoms with E-state index in [9.17, 15) is 0 Å². The number of thiophene rings is 1. The lowest BCUT2D eigenvalue weighted by molar-refractivity contribution is 0.0963. The van der Waals surface area contributed by atoms with Crippen LogP contribution in [0, 0.1) is 17.8 Å². The lowest BCUT2D eigenvalue weighted by Gasteiger charge is -2.44. The zero-order chi connectivity index (χ0) is 10.3. The van der Waals surface area contributed by atoms with Crippen LogP contribution in [0.3, 0.4) is 0 Å². The second-order valence-electron chi connectivity index (χ2n) is 5.10. The molecule has 3 aliphatic rings. The summed E-state index contributed by atoms with van der Waals surface area (Å²) >= 11 is 8.45. The Bertz CT molecular complexity index is 311. The summed E-state index contributed by atoms with van der Waals surface area (Å²) in [6.07, 6.45) is 7.19. The van der Waals surface area contributed by atoms with Crippen molar-refractivity contribution in [3.05, 3.63) is 22.4 Å². The maximum Gasteiger partial charge on any atom is 0.0709 e. The van der Waals surface area contributed by atoms with Crippen LogP contribution in [-0.2, 0) is 0 Å². The Kier molecular flexibility index (Phi) is 2.78. The summed E-state index contributed by atoms with van der Waals surface area (Å²) in [6, 6.07) is 4.32. The van der Waals surface area contributed by atoms with Crippen LogP contribution in [0.4, 0.5) is 0 Å². The Morgan fingerprint density at radius 1 is 1.27 bits per heavy atom. The average molecular weight is 241 g/mol. The first-order chi connectivity index (χ1) is 7.34. The molecule has 2 heteroatoms. The molecule has 0 saturated heterocycles. The summed E-state index contributed by atoms with van der Waals surface area (Å²) in [7, 11) is 0. The molecule has 0 radical (unpaired) electrons. The molecule has 3 fully saturated rings. The number of hydrogen-bond donors (Lipinski definition) is 0. The molecule has 0 N–H and O–H groups in total. The number of hydrogen-bond acceptors (Lipinski definition) is 1. The maximum atomic E-state index is 6.63. The van der Waals surface area contributed by atoms with Crippen LogP contribution in [0.25, 0.3) is 0 Å². The predicted octanol–water partition coefficient (Wildman–Crippen LogP) is 4.85. The minimum Gasteiger partial charge on any atom is -0.147 e. The SMILES string of the molecule is ClC(c1cccs1)C1CC2CCC1CC2. The monoisotopic (exact) mass is 240 g/mol. The second-order valence-corrected chi connectivity index (χ2v) is 6.55. The van der Waals surface area contributed by atoms with Crippen LogP contribution in [-0.4, -0.2) is 0 Å². The van der Waals surface area contributed by atoms with E-state index in [0.717, 1.165) is 17.8 Å². The van der Waals surface area contributed by atoms with Crippen LogP contribution in [0.2, 0.25) is 0 Å². The highest BCUT2D eigenvalue weighted by Crippen LogP contribution is 2.51. The van der Waals surface area contributed by atoms with Crippen molar-refractivity contribution in [3.8, 4) is 0 Å². The van der Waals surface area contributed by atoms with Crippen LogP contribution >= 0.6 is 22.9 Å². The second kappa shape index (κ2) is 4.10. The molecule has 82 valence electrons. The molecular formula is C13H17ClS. The predicted molar refractivity (Wildman–Crippen MR) is 66.5 cm³/mol. The van der Waals surface area contributed by atoms with Crippen molar-refractivity contribution < 1.29 is 0 Å². The van der Waals surface area contributed by atoms with Crippen molar-refractivity contribution in [2.24, 2.45) is 17.8 Å². The van der Waals surface area contributed by atoms with E-state index in [4.69, 9.17) is 11.6 Å². The zero-order valence-electron chi connectivity index (χ0n) is 8.86. The summed E-state index contributed by atoms with van der Waals surface area (Å²) in [6.45, 7) is 0. The molecule has 0 aromatic carbocycles. The first-order valence-electron chi connectivity index (χ1n) is 6.02. The standard InChI is InChI=1S/C13H17ClS/c14-13(12-2-1-7-15-12)11-8-9-3-5-10(11)6-4-9/h1-2,7,9-11,13H,3-6,8H2. The van der Waals surface area contributed by atoms with Crippen LogP contribution < -0.4 is 0 Å². The van der Waals surface area contributed by atoms with Gasteiger partial charge >= 0.3 is 0 Å². The van der Waals surface area contributed by atoms with Gasteiger partial charge in [0.25, 0.3) is 0 Å². The van der Waals surface area contributed by atoms with Crippen molar-refractivity contribution in [2.75, 3.05) is 0 Å². The number of halogens is 1.